The molecule has 0 saturated carbocycles. The Kier molecular flexibility index (Phi) is 4.34. The van der Waals surface area contributed by atoms with Crippen LogP contribution in [0.5, 0.6) is 0 Å². The second kappa shape index (κ2) is 6.24. The average Bonchev–Trinajstić information content (AvgIpc) is 2.50. The highest BCUT2D eigenvalue weighted by Gasteiger charge is 2.29. The van der Waals surface area contributed by atoms with Crippen molar-refractivity contribution in [2.24, 2.45) is 0 Å². The molecular formula is C16H18ClFN2O2. The van der Waals surface area contributed by atoms with Crippen LogP contribution in [0, 0.1) is 5.82 Å². The summed E-state index contributed by atoms with van der Waals surface area (Å²) in [6.45, 7) is 0.490. The van der Waals surface area contributed by atoms with Gasteiger partial charge in [0.05, 0.1) is 10.7 Å². The number of hydrogen-bond donors (Lipinski definition) is 1. The maximum atomic E-state index is 14.3. The van der Waals surface area contributed by atoms with E-state index in [4.69, 9.17) is 11.6 Å². The predicted octanol–water partition coefficient (Wildman–Crippen LogP) is 2.82. The number of amides is 2. The molecule has 2 amide bonds. The number of carbonyl (C=O) groups excluding carboxylic acids is 2. The Morgan fingerprint density at radius 3 is 2.95 bits per heavy atom. The Balaban J connectivity index is 1.80. The second-order valence-corrected chi connectivity index (χ2v) is 6.29. The van der Waals surface area contributed by atoms with Gasteiger partial charge in [0.15, 0.2) is 5.82 Å². The number of halogens is 2. The monoisotopic (exact) mass is 324 g/mol. The van der Waals surface area contributed by atoms with Crippen LogP contribution in [0.1, 0.15) is 37.7 Å². The van der Waals surface area contributed by atoms with Gasteiger partial charge in [0.2, 0.25) is 11.8 Å². The molecule has 0 radical (unpaired) electrons. The van der Waals surface area contributed by atoms with Gasteiger partial charge in [0.1, 0.15) is 0 Å². The van der Waals surface area contributed by atoms with Crippen LogP contribution in [0.25, 0.3) is 0 Å². The fourth-order valence-corrected chi connectivity index (χ4v) is 3.37. The lowest BCUT2D eigenvalue weighted by Gasteiger charge is -2.32. The third-order valence-electron chi connectivity index (χ3n) is 4.29. The molecule has 3 rings (SSSR count). The summed E-state index contributed by atoms with van der Waals surface area (Å²) in [7, 11) is 0. The van der Waals surface area contributed by atoms with Crippen molar-refractivity contribution < 1.29 is 14.0 Å². The Morgan fingerprint density at radius 2 is 2.18 bits per heavy atom. The number of piperidine rings is 1. The van der Waals surface area contributed by atoms with Crippen molar-refractivity contribution in [3.63, 3.8) is 0 Å². The predicted molar refractivity (Wildman–Crippen MR) is 82.5 cm³/mol. The summed E-state index contributed by atoms with van der Waals surface area (Å²) in [4.78, 5) is 25.5. The molecule has 1 unspecified atom stereocenters. The molecule has 4 nitrogen and oxygen atoms in total. The minimum Gasteiger partial charge on any atom is -0.353 e. The molecule has 2 heterocycles. The fourth-order valence-electron chi connectivity index (χ4n) is 3.22. The van der Waals surface area contributed by atoms with Crippen LogP contribution in [0.2, 0.25) is 5.02 Å². The molecule has 1 atom stereocenters. The van der Waals surface area contributed by atoms with Crippen LogP contribution in [0.3, 0.4) is 0 Å². The highest BCUT2D eigenvalue weighted by atomic mass is 35.5. The summed E-state index contributed by atoms with van der Waals surface area (Å²) in [5, 5.41) is 2.86. The van der Waals surface area contributed by atoms with E-state index in [2.05, 4.69) is 5.32 Å². The third-order valence-corrected chi connectivity index (χ3v) is 4.59. The number of nitrogens with zero attached hydrogens (tertiary/aromatic N) is 1. The zero-order chi connectivity index (χ0) is 15.7. The van der Waals surface area contributed by atoms with Crippen LogP contribution in [-0.4, -0.2) is 24.4 Å². The fraction of sp³-hybridized carbons (Fsp3) is 0.500. The Hall–Kier alpha value is -1.62. The molecule has 0 aliphatic carbocycles. The molecule has 0 spiro atoms. The third kappa shape index (κ3) is 2.95. The Bertz CT molecular complexity index is 620. The number of anilines is 1. The van der Waals surface area contributed by atoms with Crippen LogP contribution < -0.4 is 10.2 Å². The van der Waals surface area contributed by atoms with Crippen molar-refractivity contribution >= 4 is 29.1 Å². The van der Waals surface area contributed by atoms with E-state index in [1.54, 1.807) is 6.07 Å². The smallest absolute Gasteiger partial charge is 0.229 e. The molecule has 1 N–H and O–H groups in total. The van der Waals surface area contributed by atoms with Gasteiger partial charge in [-0.2, -0.15) is 0 Å². The van der Waals surface area contributed by atoms with Gasteiger partial charge in [-0.1, -0.05) is 17.7 Å². The molecule has 22 heavy (non-hydrogen) atoms. The summed E-state index contributed by atoms with van der Waals surface area (Å²) < 4.78 is 14.3. The molecular weight excluding hydrogens is 307 g/mol. The number of fused-ring (bicyclic) bond motifs is 1. The summed E-state index contributed by atoms with van der Waals surface area (Å²) in [6, 6.07) is 3.16. The number of rotatable bonds is 2. The van der Waals surface area contributed by atoms with E-state index in [0.29, 0.717) is 18.7 Å². The van der Waals surface area contributed by atoms with Crippen LogP contribution in [0.15, 0.2) is 12.1 Å². The summed E-state index contributed by atoms with van der Waals surface area (Å²) in [5.74, 6) is -0.702. The van der Waals surface area contributed by atoms with Crippen molar-refractivity contribution in [3.8, 4) is 0 Å². The first-order valence-corrected chi connectivity index (χ1v) is 8.00. The van der Waals surface area contributed by atoms with E-state index >= 15 is 0 Å². The van der Waals surface area contributed by atoms with E-state index in [0.717, 1.165) is 31.2 Å². The first kappa shape index (κ1) is 15.3. The van der Waals surface area contributed by atoms with Crippen molar-refractivity contribution in [3.05, 3.63) is 28.5 Å². The van der Waals surface area contributed by atoms with Gasteiger partial charge in [0.25, 0.3) is 0 Å². The summed E-state index contributed by atoms with van der Waals surface area (Å²) in [5.41, 5.74) is 1.13. The van der Waals surface area contributed by atoms with Gasteiger partial charge in [-0.25, -0.2) is 4.39 Å². The lowest BCUT2D eigenvalue weighted by Crippen LogP contribution is -2.44. The topological polar surface area (TPSA) is 49.4 Å². The van der Waals surface area contributed by atoms with Gasteiger partial charge in [-0.3, -0.25) is 9.59 Å². The molecule has 0 aromatic heterocycles. The van der Waals surface area contributed by atoms with Crippen LogP contribution >= 0.6 is 11.6 Å². The van der Waals surface area contributed by atoms with Gasteiger partial charge in [0, 0.05) is 25.4 Å². The maximum Gasteiger partial charge on any atom is 0.229 e. The van der Waals surface area contributed by atoms with Gasteiger partial charge in [-0.05, 0) is 37.3 Å². The number of benzene rings is 1. The van der Waals surface area contributed by atoms with Crippen LogP contribution in [0.4, 0.5) is 10.1 Å². The number of nitrogens with one attached hydrogen (secondary N) is 1. The lowest BCUT2D eigenvalue weighted by atomic mass is 9.98. The van der Waals surface area contributed by atoms with Crippen LogP contribution in [-0.2, 0) is 16.0 Å². The van der Waals surface area contributed by atoms with Crippen molar-refractivity contribution in [2.45, 2.75) is 44.6 Å². The normalized spacial score (nSPS) is 21.3. The van der Waals surface area contributed by atoms with E-state index < -0.39 is 5.82 Å². The molecule has 1 saturated heterocycles. The van der Waals surface area contributed by atoms with E-state index in [1.807, 2.05) is 0 Å². The molecule has 2 aliphatic heterocycles. The van der Waals surface area contributed by atoms with E-state index in [-0.39, 0.29) is 29.3 Å². The van der Waals surface area contributed by atoms with Crippen molar-refractivity contribution in [1.82, 2.24) is 5.32 Å². The first-order chi connectivity index (χ1) is 10.6. The molecule has 1 aromatic carbocycles. The highest BCUT2D eigenvalue weighted by molar-refractivity contribution is 6.31. The Morgan fingerprint density at radius 1 is 1.36 bits per heavy atom. The summed E-state index contributed by atoms with van der Waals surface area (Å²) in [6.07, 6.45) is 3.85. The van der Waals surface area contributed by atoms with Crippen molar-refractivity contribution in [2.75, 3.05) is 11.4 Å². The van der Waals surface area contributed by atoms with Gasteiger partial charge >= 0.3 is 0 Å². The first-order valence-electron chi connectivity index (χ1n) is 7.63. The van der Waals surface area contributed by atoms with E-state index in [9.17, 15) is 14.0 Å². The zero-order valence-corrected chi connectivity index (χ0v) is 13.0. The number of aryl methyl sites for hydroxylation is 1. The maximum absolute atomic E-state index is 14.3. The average molecular weight is 325 g/mol. The van der Waals surface area contributed by atoms with Gasteiger partial charge in [-0.15, -0.1) is 0 Å². The SMILES string of the molecule is O=C1CCCC(CC(=O)N2CCCc3ccc(Cl)c(F)c32)N1. The minimum absolute atomic E-state index is 0.0164. The standard InChI is InChI=1S/C16H18ClFN2O2/c17-12-7-6-10-3-2-8-20(16(10)15(12)18)14(22)9-11-4-1-5-13(21)19-11/h6-7,11H,1-5,8-9H2,(H,19,21). The number of carbonyl (C=O) groups is 2. The molecule has 0 bridgehead atoms. The quantitative estimate of drug-likeness (QED) is 0.909. The Labute approximate surface area is 133 Å². The largest absolute Gasteiger partial charge is 0.353 e. The van der Waals surface area contributed by atoms with Crippen molar-refractivity contribution in [1.29, 1.82) is 0 Å². The molecule has 6 heteroatoms. The number of hydrogen-bond acceptors (Lipinski definition) is 2. The second-order valence-electron chi connectivity index (χ2n) is 5.88. The molecule has 1 fully saturated rings. The van der Waals surface area contributed by atoms with Gasteiger partial charge < -0.3 is 10.2 Å². The molecule has 1 aromatic rings. The molecule has 118 valence electrons. The zero-order valence-electron chi connectivity index (χ0n) is 12.2. The molecule has 2 aliphatic rings. The van der Waals surface area contributed by atoms with E-state index in [1.165, 1.54) is 11.0 Å². The highest BCUT2D eigenvalue weighted by Crippen LogP contribution is 2.34. The minimum atomic E-state index is -0.528. The summed E-state index contributed by atoms with van der Waals surface area (Å²) >= 11 is 5.86. The lowest BCUT2D eigenvalue weighted by molar-refractivity contribution is -0.124.